The molecule has 0 bridgehead atoms. The molecular formula is C17H20ClN3O6. The van der Waals surface area contributed by atoms with E-state index in [9.17, 15) is 9.59 Å². The maximum atomic E-state index is 12.0. The van der Waals surface area contributed by atoms with Gasteiger partial charge in [0.15, 0.2) is 23.3 Å². The summed E-state index contributed by atoms with van der Waals surface area (Å²) < 4.78 is 20.8. The SMILES string of the molecule is CCOC(=O)c1n[nH]nc1-c1cc(Cl)c(OC(C)C(=O)OCC)c(OC)c1. The molecule has 1 aromatic heterocycles. The molecule has 10 heteroatoms. The average molecular weight is 398 g/mol. The Balaban J connectivity index is 2.38. The summed E-state index contributed by atoms with van der Waals surface area (Å²) in [7, 11) is 1.42. The smallest absolute Gasteiger partial charge is 0.361 e. The second-order valence-electron chi connectivity index (χ2n) is 5.24. The highest BCUT2D eigenvalue weighted by molar-refractivity contribution is 6.32. The van der Waals surface area contributed by atoms with E-state index in [4.69, 9.17) is 30.5 Å². The fourth-order valence-corrected chi connectivity index (χ4v) is 2.48. The number of nitrogens with zero attached hydrogens (tertiary/aromatic N) is 2. The molecule has 0 saturated carbocycles. The standard InChI is InChI=1S/C17H20ClN3O6/c1-5-25-16(22)9(3)27-15-11(18)7-10(8-12(15)24-4)13-14(20-21-19-13)17(23)26-6-2/h7-9H,5-6H2,1-4H3,(H,19,20,21). The highest BCUT2D eigenvalue weighted by Crippen LogP contribution is 2.40. The van der Waals surface area contributed by atoms with Crippen molar-refractivity contribution in [3.8, 4) is 22.8 Å². The number of carbonyl (C=O) groups is 2. The molecule has 0 aliphatic rings. The first-order valence-corrected chi connectivity index (χ1v) is 8.59. The summed E-state index contributed by atoms with van der Waals surface area (Å²) in [5.41, 5.74) is 0.729. The molecule has 1 aromatic carbocycles. The van der Waals surface area contributed by atoms with Crippen LogP contribution in [0.2, 0.25) is 5.02 Å². The van der Waals surface area contributed by atoms with E-state index < -0.39 is 18.0 Å². The van der Waals surface area contributed by atoms with E-state index in [-0.39, 0.29) is 41.1 Å². The summed E-state index contributed by atoms with van der Waals surface area (Å²) in [5.74, 6) is -0.718. The van der Waals surface area contributed by atoms with Crippen LogP contribution in [0, 0.1) is 0 Å². The third-order valence-electron chi connectivity index (χ3n) is 3.43. The number of H-pyrrole nitrogens is 1. The highest BCUT2D eigenvalue weighted by atomic mass is 35.5. The van der Waals surface area contributed by atoms with Gasteiger partial charge in [0.1, 0.15) is 5.69 Å². The van der Waals surface area contributed by atoms with Crippen molar-refractivity contribution in [1.82, 2.24) is 15.4 Å². The number of benzene rings is 1. The zero-order valence-corrected chi connectivity index (χ0v) is 16.1. The van der Waals surface area contributed by atoms with Gasteiger partial charge in [0.2, 0.25) is 0 Å². The Morgan fingerprint density at radius 3 is 2.52 bits per heavy atom. The van der Waals surface area contributed by atoms with Crippen LogP contribution in [-0.2, 0) is 14.3 Å². The van der Waals surface area contributed by atoms with Gasteiger partial charge in [-0.1, -0.05) is 11.6 Å². The molecule has 1 unspecified atom stereocenters. The molecular weight excluding hydrogens is 378 g/mol. The number of methoxy groups -OCH3 is 1. The number of rotatable bonds is 8. The van der Waals surface area contributed by atoms with Crippen molar-refractivity contribution in [2.45, 2.75) is 26.9 Å². The van der Waals surface area contributed by atoms with Crippen molar-refractivity contribution in [2.24, 2.45) is 0 Å². The normalized spacial score (nSPS) is 11.6. The van der Waals surface area contributed by atoms with Crippen LogP contribution >= 0.6 is 11.6 Å². The lowest BCUT2D eigenvalue weighted by atomic mass is 10.1. The first kappa shape index (κ1) is 20.5. The second kappa shape index (κ2) is 9.22. The van der Waals surface area contributed by atoms with Gasteiger partial charge in [-0.25, -0.2) is 9.59 Å². The number of hydrogen-bond donors (Lipinski definition) is 1. The van der Waals surface area contributed by atoms with Crippen molar-refractivity contribution in [2.75, 3.05) is 20.3 Å². The summed E-state index contributed by atoms with van der Waals surface area (Å²) in [4.78, 5) is 23.8. The fourth-order valence-electron chi connectivity index (χ4n) is 2.23. The lowest BCUT2D eigenvalue weighted by molar-refractivity contribution is -0.150. The number of carbonyl (C=O) groups excluding carboxylic acids is 2. The Bertz CT molecular complexity index is 823. The lowest BCUT2D eigenvalue weighted by Crippen LogP contribution is -2.26. The topological polar surface area (TPSA) is 113 Å². The van der Waals surface area contributed by atoms with Gasteiger partial charge in [-0.05, 0) is 32.9 Å². The zero-order chi connectivity index (χ0) is 20.0. The molecule has 0 aliphatic heterocycles. The number of nitrogens with one attached hydrogen (secondary N) is 1. The van der Waals surface area contributed by atoms with Gasteiger partial charge in [0.25, 0.3) is 0 Å². The number of hydrogen-bond acceptors (Lipinski definition) is 8. The molecule has 0 aliphatic carbocycles. The first-order chi connectivity index (χ1) is 12.9. The van der Waals surface area contributed by atoms with Gasteiger partial charge in [0.05, 0.1) is 25.3 Å². The molecule has 1 atom stereocenters. The van der Waals surface area contributed by atoms with Crippen molar-refractivity contribution in [1.29, 1.82) is 0 Å². The van der Waals surface area contributed by atoms with E-state index in [1.165, 1.54) is 20.1 Å². The molecule has 27 heavy (non-hydrogen) atoms. The van der Waals surface area contributed by atoms with Crippen molar-refractivity contribution in [3.63, 3.8) is 0 Å². The van der Waals surface area contributed by atoms with E-state index >= 15 is 0 Å². The minimum absolute atomic E-state index is 0.0172. The third-order valence-corrected chi connectivity index (χ3v) is 3.71. The number of aromatic nitrogens is 3. The van der Waals surface area contributed by atoms with Crippen molar-refractivity contribution in [3.05, 3.63) is 22.8 Å². The van der Waals surface area contributed by atoms with Gasteiger partial charge in [-0.3, -0.25) is 0 Å². The third kappa shape index (κ3) is 4.68. The minimum atomic E-state index is -0.885. The van der Waals surface area contributed by atoms with E-state index in [2.05, 4.69) is 15.4 Å². The Labute approximate surface area is 160 Å². The van der Waals surface area contributed by atoms with Gasteiger partial charge in [-0.2, -0.15) is 10.3 Å². The average Bonchev–Trinajstić information content (AvgIpc) is 3.13. The largest absolute Gasteiger partial charge is 0.493 e. The van der Waals surface area contributed by atoms with Gasteiger partial charge >= 0.3 is 11.9 Å². The molecule has 1 heterocycles. The molecule has 146 valence electrons. The Hall–Kier alpha value is -2.81. The van der Waals surface area contributed by atoms with Crippen LogP contribution in [-0.4, -0.2) is 53.8 Å². The molecule has 2 rings (SSSR count). The summed E-state index contributed by atoms with van der Waals surface area (Å²) in [6.45, 7) is 5.37. The summed E-state index contributed by atoms with van der Waals surface area (Å²) in [6.07, 6.45) is -0.885. The van der Waals surface area contributed by atoms with Gasteiger partial charge < -0.3 is 18.9 Å². The fraction of sp³-hybridized carbons (Fsp3) is 0.412. The van der Waals surface area contributed by atoms with Gasteiger partial charge in [0, 0.05) is 5.56 Å². The lowest BCUT2D eigenvalue weighted by Gasteiger charge is -2.17. The van der Waals surface area contributed by atoms with Crippen LogP contribution in [0.5, 0.6) is 11.5 Å². The van der Waals surface area contributed by atoms with Crippen LogP contribution in [0.1, 0.15) is 31.3 Å². The predicted octanol–water partition coefficient (Wildman–Crippen LogP) is 2.64. The van der Waals surface area contributed by atoms with E-state index in [0.29, 0.717) is 5.56 Å². The maximum Gasteiger partial charge on any atom is 0.361 e. The molecule has 0 saturated heterocycles. The van der Waals surface area contributed by atoms with Crippen LogP contribution in [0.4, 0.5) is 0 Å². The molecule has 1 N–H and O–H groups in total. The maximum absolute atomic E-state index is 12.0. The number of halogens is 1. The monoisotopic (exact) mass is 397 g/mol. The quantitative estimate of drug-likeness (QED) is 0.676. The van der Waals surface area contributed by atoms with Crippen LogP contribution in [0.15, 0.2) is 12.1 Å². The molecule has 0 spiro atoms. The first-order valence-electron chi connectivity index (χ1n) is 8.21. The summed E-state index contributed by atoms with van der Waals surface area (Å²) in [6, 6.07) is 3.09. The molecule has 0 radical (unpaired) electrons. The second-order valence-corrected chi connectivity index (χ2v) is 5.65. The predicted molar refractivity (Wildman–Crippen MR) is 96.1 cm³/mol. The van der Waals surface area contributed by atoms with Gasteiger partial charge in [-0.15, -0.1) is 5.10 Å². The molecule has 0 fully saturated rings. The molecule has 9 nitrogen and oxygen atoms in total. The number of esters is 2. The van der Waals surface area contributed by atoms with E-state index in [0.717, 1.165) is 0 Å². The Morgan fingerprint density at radius 2 is 1.89 bits per heavy atom. The van der Waals surface area contributed by atoms with E-state index in [1.54, 1.807) is 19.9 Å². The minimum Gasteiger partial charge on any atom is -0.493 e. The molecule has 0 amide bonds. The van der Waals surface area contributed by atoms with Crippen molar-refractivity contribution >= 4 is 23.5 Å². The number of ether oxygens (including phenoxy) is 4. The zero-order valence-electron chi connectivity index (χ0n) is 15.4. The molecule has 2 aromatic rings. The van der Waals surface area contributed by atoms with E-state index in [1.807, 2.05) is 0 Å². The summed E-state index contributed by atoms with van der Waals surface area (Å²) in [5, 5.41) is 10.4. The Kier molecular flexibility index (Phi) is 7.00. The number of aromatic amines is 1. The van der Waals surface area contributed by atoms with Crippen molar-refractivity contribution < 1.29 is 28.5 Å². The van der Waals surface area contributed by atoms with Crippen LogP contribution < -0.4 is 9.47 Å². The highest BCUT2D eigenvalue weighted by Gasteiger charge is 2.24. The Morgan fingerprint density at radius 1 is 1.19 bits per heavy atom. The summed E-state index contributed by atoms with van der Waals surface area (Å²) >= 11 is 6.32. The van der Waals surface area contributed by atoms with Crippen LogP contribution in [0.3, 0.4) is 0 Å². The van der Waals surface area contributed by atoms with Crippen LogP contribution in [0.25, 0.3) is 11.3 Å².